The highest BCUT2D eigenvalue weighted by Gasteiger charge is 2.35. The van der Waals surface area contributed by atoms with Crippen LogP contribution in [0, 0.1) is 5.41 Å². The fourth-order valence-corrected chi connectivity index (χ4v) is 3.70. The van der Waals surface area contributed by atoms with Gasteiger partial charge in [0.15, 0.2) is 6.10 Å². The van der Waals surface area contributed by atoms with Crippen molar-refractivity contribution in [1.82, 2.24) is 0 Å². The Balaban J connectivity index is 2.59. The number of carbonyl (C=O) groups is 1. The van der Waals surface area contributed by atoms with Crippen LogP contribution < -0.4 is 0 Å². The second-order valence-electron chi connectivity index (χ2n) is 9.29. The van der Waals surface area contributed by atoms with Crippen LogP contribution in [0.4, 0.5) is 0 Å². The zero-order valence-electron chi connectivity index (χ0n) is 20.4. The van der Waals surface area contributed by atoms with Crippen molar-refractivity contribution in [2.24, 2.45) is 5.41 Å². The molecule has 186 valence electrons. The summed E-state index contributed by atoms with van der Waals surface area (Å²) in [5.41, 5.74) is 5.00. The Morgan fingerprint density at radius 3 is 2.36 bits per heavy atom. The molecule has 0 saturated carbocycles. The molecule has 0 heterocycles. The van der Waals surface area contributed by atoms with Gasteiger partial charge in [-0.3, -0.25) is 0 Å². The molecule has 4 atom stereocenters. The Bertz CT molecular complexity index is 801. The van der Waals surface area contributed by atoms with E-state index in [-0.39, 0.29) is 12.0 Å². The summed E-state index contributed by atoms with van der Waals surface area (Å²) in [6.07, 6.45) is 7.69. The maximum absolute atomic E-state index is 11.8. The smallest absolute Gasteiger partial charge is 0.338 e. The lowest BCUT2D eigenvalue weighted by Gasteiger charge is -2.32. The van der Waals surface area contributed by atoms with Crippen LogP contribution in [0.25, 0.3) is 0 Å². The summed E-state index contributed by atoms with van der Waals surface area (Å²) in [6, 6.07) is 0. The van der Waals surface area contributed by atoms with Gasteiger partial charge in [0.05, 0.1) is 6.61 Å². The first kappa shape index (κ1) is 29.0. The van der Waals surface area contributed by atoms with Gasteiger partial charge in [0.1, 0.15) is 24.9 Å². The van der Waals surface area contributed by atoms with Crippen molar-refractivity contribution in [3.63, 3.8) is 0 Å². The van der Waals surface area contributed by atoms with E-state index in [0.29, 0.717) is 0 Å². The minimum absolute atomic E-state index is 0.136. The van der Waals surface area contributed by atoms with E-state index in [4.69, 9.17) is 9.84 Å². The van der Waals surface area contributed by atoms with E-state index in [1.165, 1.54) is 24.0 Å². The molecule has 1 aliphatic carbocycles. The quantitative estimate of drug-likeness (QED) is 0.235. The average Bonchev–Trinajstić information content (AvgIpc) is 2.76. The van der Waals surface area contributed by atoms with Gasteiger partial charge in [0.2, 0.25) is 0 Å². The first-order valence-electron chi connectivity index (χ1n) is 11.3. The minimum atomic E-state index is -2.05. The van der Waals surface area contributed by atoms with Gasteiger partial charge in [0.25, 0.3) is 0 Å². The van der Waals surface area contributed by atoms with Gasteiger partial charge in [-0.1, -0.05) is 60.9 Å². The van der Waals surface area contributed by atoms with Crippen LogP contribution in [-0.2, 0) is 9.53 Å². The zero-order valence-corrected chi connectivity index (χ0v) is 20.4. The van der Waals surface area contributed by atoms with E-state index in [2.05, 4.69) is 32.9 Å². The Labute approximate surface area is 197 Å². The van der Waals surface area contributed by atoms with E-state index in [1.54, 1.807) is 6.08 Å². The lowest BCUT2D eigenvalue weighted by Crippen LogP contribution is -2.49. The molecule has 0 fully saturated rings. The van der Waals surface area contributed by atoms with Crippen LogP contribution >= 0.6 is 0 Å². The van der Waals surface area contributed by atoms with Crippen molar-refractivity contribution in [1.29, 1.82) is 0 Å². The molecule has 1 rings (SSSR count). The summed E-state index contributed by atoms with van der Waals surface area (Å²) in [6.45, 7) is 9.68. The van der Waals surface area contributed by atoms with Crippen molar-refractivity contribution in [3.05, 3.63) is 58.7 Å². The molecule has 0 aromatic heterocycles. The van der Waals surface area contributed by atoms with Gasteiger partial charge in [-0.15, -0.1) is 0 Å². The summed E-state index contributed by atoms with van der Waals surface area (Å²) in [5, 5.41) is 47.0. The van der Waals surface area contributed by atoms with E-state index in [0.717, 1.165) is 17.6 Å². The lowest BCUT2D eigenvalue weighted by atomic mass is 9.72. The number of aliphatic hydroxyl groups excluding tert-OH is 5. The maximum Gasteiger partial charge on any atom is 0.338 e. The van der Waals surface area contributed by atoms with Gasteiger partial charge in [-0.05, 0) is 57.1 Å². The second-order valence-corrected chi connectivity index (χ2v) is 9.29. The fourth-order valence-electron chi connectivity index (χ4n) is 3.70. The third-order valence-corrected chi connectivity index (χ3v) is 5.90. The standard InChI is InChI=1S/C26H40O7/c1-17(11-12-20-19(3)10-7-14-26(20,4)5)8-6-9-18(2)13-15-33-25(32)24(31)23(30)22(29)21(28)16-27/h6,8-9,11-13,21-24,27-31H,7,10,14-16H2,1-5H3/t21-,22-,23+,24-/m1/s1. The molecular formula is C26H40O7. The van der Waals surface area contributed by atoms with Crippen molar-refractivity contribution < 1.29 is 35.1 Å². The molecule has 0 amide bonds. The molecule has 0 aromatic rings. The molecule has 0 saturated heterocycles. The average molecular weight is 465 g/mol. The van der Waals surface area contributed by atoms with E-state index in [1.807, 2.05) is 32.1 Å². The normalized spacial score (nSPS) is 21.4. The van der Waals surface area contributed by atoms with Crippen molar-refractivity contribution in [2.45, 2.75) is 78.3 Å². The van der Waals surface area contributed by atoms with Crippen molar-refractivity contribution in [3.8, 4) is 0 Å². The van der Waals surface area contributed by atoms with Crippen LogP contribution in [0.1, 0.15) is 53.9 Å². The topological polar surface area (TPSA) is 127 Å². The van der Waals surface area contributed by atoms with Crippen LogP contribution in [0.2, 0.25) is 0 Å². The zero-order chi connectivity index (χ0) is 25.2. The number of hydrogen-bond donors (Lipinski definition) is 5. The fraction of sp³-hybridized carbons (Fsp3) is 0.577. The molecule has 0 unspecified atom stereocenters. The third kappa shape index (κ3) is 9.39. The van der Waals surface area contributed by atoms with Crippen molar-refractivity contribution >= 4 is 5.97 Å². The molecule has 0 spiro atoms. The van der Waals surface area contributed by atoms with E-state index in [9.17, 15) is 25.2 Å². The Kier molecular flexibility index (Phi) is 12.0. The predicted octanol–water partition coefficient (Wildman–Crippen LogP) is 2.50. The van der Waals surface area contributed by atoms with Gasteiger partial charge in [-0.25, -0.2) is 4.79 Å². The molecule has 7 heteroatoms. The van der Waals surface area contributed by atoms with Crippen LogP contribution in [-0.4, -0.2) is 69.1 Å². The van der Waals surface area contributed by atoms with Crippen LogP contribution in [0.3, 0.4) is 0 Å². The number of aliphatic hydroxyl groups is 5. The Morgan fingerprint density at radius 1 is 1.09 bits per heavy atom. The predicted molar refractivity (Wildman–Crippen MR) is 128 cm³/mol. The van der Waals surface area contributed by atoms with Gasteiger partial charge < -0.3 is 30.3 Å². The molecule has 0 bridgehead atoms. The molecule has 0 aromatic carbocycles. The number of esters is 1. The van der Waals surface area contributed by atoms with Crippen molar-refractivity contribution in [2.75, 3.05) is 13.2 Å². The first-order chi connectivity index (χ1) is 15.4. The number of ether oxygens (including phenoxy) is 1. The summed E-state index contributed by atoms with van der Waals surface area (Å²) in [7, 11) is 0. The highest BCUT2D eigenvalue weighted by atomic mass is 16.5. The molecule has 0 radical (unpaired) electrons. The molecule has 5 N–H and O–H groups in total. The number of rotatable bonds is 11. The maximum atomic E-state index is 11.8. The van der Waals surface area contributed by atoms with Gasteiger partial charge >= 0.3 is 5.97 Å². The SMILES string of the molecule is CC(C=CC1=C(C)CCCC1(C)C)=CC=CC(C)=CCOC(=O)[C@H](O)[C@@H](O)[C@H](O)[C@H](O)CO. The van der Waals surface area contributed by atoms with E-state index >= 15 is 0 Å². The van der Waals surface area contributed by atoms with Crippen LogP contribution in [0.15, 0.2) is 58.7 Å². The monoisotopic (exact) mass is 464 g/mol. The Hall–Kier alpha value is -2.03. The van der Waals surface area contributed by atoms with Gasteiger partial charge in [0, 0.05) is 0 Å². The minimum Gasteiger partial charge on any atom is -0.459 e. The second kappa shape index (κ2) is 13.6. The summed E-state index contributed by atoms with van der Waals surface area (Å²) in [4.78, 5) is 11.8. The molecule has 7 nitrogen and oxygen atoms in total. The highest BCUT2D eigenvalue weighted by Crippen LogP contribution is 2.40. The first-order valence-corrected chi connectivity index (χ1v) is 11.3. The summed E-state index contributed by atoms with van der Waals surface area (Å²) >= 11 is 0. The summed E-state index contributed by atoms with van der Waals surface area (Å²) in [5.74, 6) is -1.14. The Morgan fingerprint density at radius 2 is 1.76 bits per heavy atom. The molecule has 33 heavy (non-hydrogen) atoms. The van der Waals surface area contributed by atoms with Gasteiger partial charge in [-0.2, -0.15) is 0 Å². The van der Waals surface area contributed by atoms with Crippen LogP contribution in [0.5, 0.6) is 0 Å². The lowest BCUT2D eigenvalue weighted by molar-refractivity contribution is -0.169. The third-order valence-electron chi connectivity index (χ3n) is 5.90. The molecule has 0 aliphatic heterocycles. The summed E-state index contributed by atoms with van der Waals surface area (Å²) < 4.78 is 4.88. The highest BCUT2D eigenvalue weighted by molar-refractivity contribution is 5.75. The molecular weight excluding hydrogens is 424 g/mol. The number of carbonyl (C=O) groups excluding carboxylic acids is 1. The van der Waals surface area contributed by atoms with E-state index < -0.39 is 37.0 Å². The number of allylic oxidation sites excluding steroid dienone is 9. The largest absolute Gasteiger partial charge is 0.459 e. The molecule has 1 aliphatic rings. The number of hydrogen-bond acceptors (Lipinski definition) is 7.